The smallest absolute Gasteiger partial charge is 0.408 e. The number of benzene rings is 1. The first kappa shape index (κ1) is 11.5. The number of alkyl halides is 3. The minimum Gasteiger partial charge on any atom is -0.408 e. The highest BCUT2D eigenvalue weighted by Crippen LogP contribution is 2.29. The highest BCUT2D eigenvalue weighted by Gasteiger charge is 2.38. The maximum atomic E-state index is 12.3. The maximum Gasteiger partial charge on any atom is 0.471 e. The SMILES string of the molecule is O=c1[nH]c2ccc(-c3noc(C(F)(F)F)n3)cc2o1. The van der Waals surface area contributed by atoms with Crippen LogP contribution in [0.15, 0.2) is 31.9 Å². The lowest BCUT2D eigenvalue weighted by Crippen LogP contribution is -2.04. The fourth-order valence-corrected chi connectivity index (χ4v) is 1.54. The first-order valence-electron chi connectivity index (χ1n) is 4.97. The largest absolute Gasteiger partial charge is 0.471 e. The molecular formula is C10H4F3N3O3. The van der Waals surface area contributed by atoms with E-state index in [1.54, 1.807) is 0 Å². The van der Waals surface area contributed by atoms with Crippen LogP contribution >= 0.6 is 0 Å². The summed E-state index contributed by atoms with van der Waals surface area (Å²) in [6.45, 7) is 0. The van der Waals surface area contributed by atoms with Gasteiger partial charge >= 0.3 is 17.8 Å². The highest BCUT2D eigenvalue weighted by atomic mass is 19.4. The summed E-state index contributed by atoms with van der Waals surface area (Å²) in [5, 5.41) is 3.23. The summed E-state index contributed by atoms with van der Waals surface area (Å²) in [6, 6.07) is 4.26. The van der Waals surface area contributed by atoms with Crippen LogP contribution in [0.4, 0.5) is 13.2 Å². The number of oxazole rings is 1. The number of aromatic amines is 1. The van der Waals surface area contributed by atoms with Gasteiger partial charge in [-0.3, -0.25) is 4.98 Å². The Kier molecular flexibility index (Phi) is 2.24. The van der Waals surface area contributed by atoms with Crippen LogP contribution in [-0.4, -0.2) is 15.1 Å². The Morgan fingerprint density at radius 3 is 2.74 bits per heavy atom. The molecule has 2 heterocycles. The second kappa shape index (κ2) is 3.70. The number of hydrogen-bond donors (Lipinski definition) is 1. The third-order valence-corrected chi connectivity index (χ3v) is 2.35. The molecule has 0 amide bonds. The number of nitrogens with one attached hydrogen (secondary N) is 1. The van der Waals surface area contributed by atoms with Crippen molar-refractivity contribution in [3.63, 3.8) is 0 Å². The van der Waals surface area contributed by atoms with E-state index in [-0.39, 0.29) is 17.0 Å². The Balaban J connectivity index is 2.08. The molecule has 3 aromatic rings. The zero-order chi connectivity index (χ0) is 13.6. The molecule has 9 heteroatoms. The molecule has 1 aromatic carbocycles. The lowest BCUT2D eigenvalue weighted by atomic mass is 10.2. The molecule has 0 saturated carbocycles. The second-order valence-corrected chi connectivity index (χ2v) is 3.65. The van der Waals surface area contributed by atoms with Crippen molar-refractivity contribution in [3.8, 4) is 11.4 Å². The molecule has 0 fully saturated rings. The van der Waals surface area contributed by atoms with Crippen LogP contribution in [0.25, 0.3) is 22.5 Å². The minimum absolute atomic E-state index is 0.195. The molecule has 0 aliphatic heterocycles. The van der Waals surface area contributed by atoms with Gasteiger partial charge in [0, 0.05) is 5.56 Å². The topological polar surface area (TPSA) is 84.9 Å². The van der Waals surface area contributed by atoms with Crippen LogP contribution in [0.3, 0.4) is 0 Å². The van der Waals surface area contributed by atoms with Crippen LogP contribution in [0.2, 0.25) is 0 Å². The molecule has 98 valence electrons. The van der Waals surface area contributed by atoms with Gasteiger partial charge in [0.05, 0.1) is 5.52 Å². The normalized spacial score (nSPS) is 12.2. The number of H-pyrrole nitrogens is 1. The Morgan fingerprint density at radius 1 is 1.26 bits per heavy atom. The molecule has 0 spiro atoms. The zero-order valence-corrected chi connectivity index (χ0v) is 8.99. The Labute approximate surface area is 101 Å². The lowest BCUT2D eigenvalue weighted by Gasteiger charge is -1.96. The molecule has 0 aliphatic rings. The van der Waals surface area contributed by atoms with E-state index in [9.17, 15) is 18.0 Å². The summed E-state index contributed by atoms with van der Waals surface area (Å²) in [5.41, 5.74) is 0.864. The minimum atomic E-state index is -4.70. The van der Waals surface area contributed by atoms with Crippen molar-refractivity contribution in [2.75, 3.05) is 0 Å². The van der Waals surface area contributed by atoms with E-state index in [0.717, 1.165) is 0 Å². The molecule has 0 bridgehead atoms. The van der Waals surface area contributed by atoms with Crippen molar-refractivity contribution in [1.82, 2.24) is 15.1 Å². The van der Waals surface area contributed by atoms with Crippen molar-refractivity contribution in [2.45, 2.75) is 6.18 Å². The van der Waals surface area contributed by atoms with Gasteiger partial charge in [-0.25, -0.2) is 4.79 Å². The van der Waals surface area contributed by atoms with Crippen LogP contribution in [0.5, 0.6) is 0 Å². The summed E-state index contributed by atoms with van der Waals surface area (Å²) in [5.74, 6) is -2.33. The van der Waals surface area contributed by atoms with Crippen LogP contribution in [0, 0.1) is 0 Å². The average Bonchev–Trinajstić information content (AvgIpc) is 2.90. The summed E-state index contributed by atoms with van der Waals surface area (Å²) >= 11 is 0. The number of aromatic nitrogens is 3. The molecule has 19 heavy (non-hydrogen) atoms. The van der Waals surface area contributed by atoms with Crippen molar-refractivity contribution < 1.29 is 22.1 Å². The van der Waals surface area contributed by atoms with Crippen LogP contribution < -0.4 is 5.76 Å². The van der Waals surface area contributed by atoms with E-state index in [0.29, 0.717) is 5.52 Å². The van der Waals surface area contributed by atoms with E-state index in [4.69, 9.17) is 4.42 Å². The summed E-state index contributed by atoms with van der Waals surface area (Å²) < 4.78 is 45.8. The van der Waals surface area contributed by atoms with Crippen LogP contribution in [-0.2, 0) is 6.18 Å². The molecule has 0 saturated heterocycles. The molecule has 2 aromatic heterocycles. The number of nitrogens with zero attached hydrogens (tertiary/aromatic N) is 2. The van der Waals surface area contributed by atoms with Crippen molar-refractivity contribution >= 4 is 11.1 Å². The van der Waals surface area contributed by atoms with Gasteiger partial charge in [0.15, 0.2) is 5.58 Å². The van der Waals surface area contributed by atoms with Gasteiger partial charge in [-0.2, -0.15) is 18.2 Å². The lowest BCUT2D eigenvalue weighted by molar-refractivity contribution is -0.159. The number of rotatable bonds is 1. The monoisotopic (exact) mass is 271 g/mol. The van der Waals surface area contributed by atoms with Gasteiger partial charge in [0.25, 0.3) is 0 Å². The fraction of sp³-hybridized carbons (Fsp3) is 0.100. The van der Waals surface area contributed by atoms with E-state index in [1.165, 1.54) is 18.2 Å². The molecular weight excluding hydrogens is 267 g/mol. The quantitative estimate of drug-likeness (QED) is 0.733. The molecule has 3 rings (SSSR count). The molecule has 6 nitrogen and oxygen atoms in total. The zero-order valence-electron chi connectivity index (χ0n) is 8.99. The van der Waals surface area contributed by atoms with Gasteiger partial charge in [0.2, 0.25) is 5.82 Å². The third kappa shape index (κ3) is 1.98. The molecule has 1 N–H and O–H groups in total. The summed E-state index contributed by atoms with van der Waals surface area (Å²) in [7, 11) is 0. The highest BCUT2D eigenvalue weighted by molar-refractivity contribution is 5.77. The summed E-state index contributed by atoms with van der Waals surface area (Å²) in [6.07, 6.45) is -4.70. The number of hydrogen-bond acceptors (Lipinski definition) is 5. The van der Waals surface area contributed by atoms with E-state index in [1.807, 2.05) is 0 Å². The van der Waals surface area contributed by atoms with Crippen molar-refractivity contribution in [2.24, 2.45) is 0 Å². The van der Waals surface area contributed by atoms with Crippen LogP contribution in [0.1, 0.15) is 5.89 Å². The van der Waals surface area contributed by atoms with E-state index >= 15 is 0 Å². The Bertz CT molecular complexity index is 799. The fourth-order valence-electron chi connectivity index (χ4n) is 1.54. The van der Waals surface area contributed by atoms with E-state index < -0.39 is 17.8 Å². The standard InChI is InChI=1S/C10H4F3N3O3/c11-10(12,13)8-15-7(16-19-8)4-1-2-5-6(3-4)18-9(17)14-5/h1-3H,(H,14,17). The molecule has 0 aliphatic carbocycles. The Morgan fingerprint density at radius 2 is 2.05 bits per heavy atom. The summed E-state index contributed by atoms with van der Waals surface area (Å²) in [4.78, 5) is 16.6. The third-order valence-electron chi connectivity index (χ3n) is 2.35. The van der Waals surface area contributed by atoms with Gasteiger partial charge in [-0.15, -0.1) is 0 Å². The van der Waals surface area contributed by atoms with Crippen molar-refractivity contribution in [3.05, 3.63) is 34.6 Å². The first-order chi connectivity index (χ1) is 8.93. The molecule has 0 atom stereocenters. The number of fused-ring (bicyclic) bond motifs is 1. The first-order valence-corrected chi connectivity index (χ1v) is 4.97. The van der Waals surface area contributed by atoms with Gasteiger partial charge < -0.3 is 8.94 Å². The van der Waals surface area contributed by atoms with Gasteiger partial charge in [-0.1, -0.05) is 5.16 Å². The second-order valence-electron chi connectivity index (χ2n) is 3.65. The van der Waals surface area contributed by atoms with E-state index in [2.05, 4.69) is 19.6 Å². The Hall–Kier alpha value is -2.58. The predicted molar refractivity (Wildman–Crippen MR) is 55.1 cm³/mol. The maximum absolute atomic E-state index is 12.3. The molecule has 0 unspecified atom stereocenters. The van der Waals surface area contributed by atoms with Gasteiger partial charge in [-0.05, 0) is 18.2 Å². The van der Waals surface area contributed by atoms with Gasteiger partial charge in [0.1, 0.15) is 0 Å². The number of halogens is 3. The van der Waals surface area contributed by atoms with Crippen molar-refractivity contribution in [1.29, 1.82) is 0 Å². The average molecular weight is 271 g/mol. The molecule has 0 radical (unpaired) electrons. The predicted octanol–water partition coefficient (Wildman–Crippen LogP) is 2.19.